The van der Waals surface area contributed by atoms with Crippen LogP contribution in [0, 0.1) is 12.7 Å². The molecule has 0 unspecified atom stereocenters. The van der Waals surface area contributed by atoms with Crippen molar-refractivity contribution in [1.82, 2.24) is 15.1 Å². The second-order valence-electron chi connectivity index (χ2n) is 9.27. The van der Waals surface area contributed by atoms with Gasteiger partial charge in [-0.15, -0.1) is 0 Å². The summed E-state index contributed by atoms with van der Waals surface area (Å²) in [5, 5.41) is 5.89. The van der Waals surface area contributed by atoms with Crippen molar-refractivity contribution in [2.45, 2.75) is 52.3 Å². The fourth-order valence-corrected chi connectivity index (χ4v) is 4.13. The van der Waals surface area contributed by atoms with Crippen LogP contribution < -0.4 is 0 Å². The average molecular weight is 497 g/mol. The van der Waals surface area contributed by atoms with Gasteiger partial charge in [0.05, 0.1) is 18.4 Å². The fraction of sp³-hybridized carbons (Fsp3) is 0.458. The molecule has 7 nitrogen and oxygen atoms in total. The summed E-state index contributed by atoms with van der Waals surface area (Å²) in [7, 11) is 1.33. The summed E-state index contributed by atoms with van der Waals surface area (Å²) in [5.41, 5.74) is -2.94. The number of fused-ring (bicyclic) bond motifs is 1. The van der Waals surface area contributed by atoms with Crippen LogP contribution in [0.15, 0.2) is 23.9 Å². The van der Waals surface area contributed by atoms with E-state index in [1.807, 2.05) is 5.10 Å². The van der Waals surface area contributed by atoms with Crippen LogP contribution in [0.1, 0.15) is 60.6 Å². The van der Waals surface area contributed by atoms with Crippen molar-refractivity contribution in [2.75, 3.05) is 20.3 Å². The SMILES string of the molecule is COCC1=C(C(=O)OC(C)C)c2n[nH]c(C(F)(F)F)c2C(C)(C)CN1C(=O)c1ccc(F)c(C)c1. The van der Waals surface area contributed by atoms with Crippen molar-refractivity contribution in [3.63, 3.8) is 0 Å². The first-order chi connectivity index (χ1) is 16.2. The van der Waals surface area contributed by atoms with E-state index in [9.17, 15) is 27.2 Å². The number of rotatable bonds is 5. The van der Waals surface area contributed by atoms with E-state index in [-0.39, 0.29) is 46.8 Å². The molecule has 3 rings (SSSR count). The monoisotopic (exact) mass is 497 g/mol. The van der Waals surface area contributed by atoms with Gasteiger partial charge in [-0.2, -0.15) is 18.3 Å². The van der Waals surface area contributed by atoms with Crippen molar-refractivity contribution in [3.05, 3.63) is 57.8 Å². The van der Waals surface area contributed by atoms with Crippen LogP contribution in [-0.4, -0.2) is 53.3 Å². The van der Waals surface area contributed by atoms with Gasteiger partial charge in [-0.05, 0) is 44.5 Å². The van der Waals surface area contributed by atoms with E-state index in [1.54, 1.807) is 13.8 Å². The third-order valence-corrected chi connectivity index (χ3v) is 5.61. The van der Waals surface area contributed by atoms with Gasteiger partial charge in [-0.1, -0.05) is 13.8 Å². The molecular formula is C24H27F4N3O4. The van der Waals surface area contributed by atoms with Crippen molar-refractivity contribution >= 4 is 17.4 Å². The van der Waals surface area contributed by atoms with Gasteiger partial charge >= 0.3 is 12.1 Å². The number of hydrogen-bond acceptors (Lipinski definition) is 5. The second kappa shape index (κ2) is 9.44. The molecule has 0 radical (unpaired) electrons. The number of aromatic amines is 1. The van der Waals surface area contributed by atoms with Gasteiger partial charge in [0.25, 0.3) is 5.91 Å². The zero-order valence-electron chi connectivity index (χ0n) is 20.3. The molecule has 0 spiro atoms. The number of methoxy groups -OCH3 is 1. The molecule has 1 N–H and O–H groups in total. The van der Waals surface area contributed by atoms with E-state index < -0.39 is 41.1 Å². The maximum absolute atomic E-state index is 13.9. The van der Waals surface area contributed by atoms with E-state index >= 15 is 0 Å². The molecule has 11 heteroatoms. The molecule has 2 aromatic rings. The van der Waals surface area contributed by atoms with Crippen LogP contribution in [0.2, 0.25) is 0 Å². The number of amides is 1. The molecule has 190 valence electrons. The third-order valence-electron chi connectivity index (χ3n) is 5.61. The molecule has 0 atom stereocenters. The number of alkyl halides is 3. The number of nitrogens with one attached hydrogen (secondary N) is 1. The highest BCUT2D eigenvalue weighted by atomic mass is 19.4. The van der Waals surface area contributed by atoms with Gasteiger partial charge < -0.3 is 14.4 Å². The lowest BCUT2D eigenvalue weighted by Gasteiger charge is -2.33. The van der Waals surface area contributed by atoms with E-state index in [0.717, 1.165) is 6.07 Å². The van der Waals surface area contributed by atoms with Crippen LogP contribution in [0.5, 0.6) is 0 Å². The number of H-pyrrole nitrogens is 1. The van der Waals surface area contributed by atoms with Gasteiger partial charge in [0.1, 0.15) is 22.8 Å². The largest absolute Gasteiger partial charge is 0.459 e. The maximum Gasteiger partial charge on any atom is 0.433 e. The van der Waals surface area contributed by atoms with Crippen molar-refractivity contribution in [3.8, 4) is 0 Å². The first-order valence-electron chi connectivity index (χ1n) is 10.9. The van der Waals surface area contributed by atoms with Gasteiger partial charge in [0, 0.05) is 30.2 Å². The Labute approximate surface area is 200 Å². The summed E-state index contributed by atoms with van der Waals surface area (Å²) < 4.78 is 66.2. The second-order valence-corrected chi connectivity index (χ2v) is 9.27. The zero-order valence-corrected chi connectivity index (χ0v) is 20.3. The predicted octanol–water partition coefficient (Wildman–Crippen LogP) is 4.62. The highest BCUT2D eigenvalue weighted by molar-refractivity contribution is 6.18. The Morgan fingerprint density at radius 2 is 1.91 bits per heavy atom. The van der Waals surface area contributed by atoms with Crippen LogP contribution in [0.25, 0.3) is 5.57 Å². The lowest BCUT2D eigenvalue weighted by Crippen LogP contribution is -2.41. The Bertz CT molecular complexity index is 1180. The minimum atomic E-state index is -4.79. The van der Waals surface area contributed by atoms with Crippen molar-refractivity contribution in [2.24, 2.45) is 0 Å². The van der Waals surface area contributed by atoms with Gasteiger partial charge in [0.15, 0.2) is 0 Å². The summed E-state index contributed by atoms with van der Waals surface area (Å²) in [6.45, 7) is 7.17. The zero-order chi connectivity index (χ0) is 26.3. The normalized spacial score (nSPS) is 15.8. The average Bonchev–Trinajstić information content (AvgIpc) is 3.16. The first-order valence-corrected chi connectivity index (χ1v) is 10.9. The number of halogens is 4. The van der Waals surface area contributed by atoms with Crippen molar-refractivity contribution < 1.29 is 36.6 Å². The summed E-state index contributed by atoms with van der Waals surface area (Å²) in [4.78, 5) is 28.1. The summed E-state index contributed by atoms with van der Waals surface area (Å²) in [6, 6.07) is 3.75. The van der Waals surface area contributed by atoms with E-state index in [0.29, 0.717) is 0 Å². The minimum Gasteiger partial charge on any atom is -0.459 e. The summed E-state index contributed by atoms with van der Waals surface area (Å²) in [6.07, 6.45) is -5.39. The predicted molar refractivity (Wildman–Crippen MR) is 119 cm³/mol. The lowest BCUT2D eigenvalue weighted by atomic mass is 9.81. The Morgan fingerprint density at radius 1 is 1.26 bits per heavy atom. The molecule has 2 heterocycles. The van der Waals surface area contributed by atoms with E-state index in [2.05, 4.69) is 5.10 Å². The number of carbonyl (C=O) groups is 2. The van der Waals surface area contributed by atoms with E-state index in [4.69, 9.17) is 9.47 Å². The van der Waals surface area contributed by atoms with Crippen LogP contribution in [-0.2, 0) is 25.9 Å². The molecule has 1 aromatic carbocycles. The molecule has 0 fully saturated rings. The van der Waals surface area contributed by atoms with Gasteiger partial charge in [-0.3, -0.25) is 9.89 Å². The van der Waals surface area contributed by atoms with Crippen LogP contribution in [0.4, 0.5) is 17.6 Å². The maximum atomic E-state index is 13.9. The first kappa shape index (κ1) is 26.4. The molecule has 1 amide bonds. The highest BCUT2D eigenvalue weighted by Gasteiger charge is 2.47. The number of carbonyl (C=O) groups excluding carboxylic acids is 2. The smallest absolute Gasteiger partial charge is 0.433 e. The van der Waals surface area contributed by atoms with Crippen molar-refractivity contribution in [1.29, 1.82) is 0 Å². The Hall–Kier alpha value is -3.21. The number of esters is 1. The van der Waals surface area contributed by atoms with Crippen LogP contribution >= 0.6 is 0 Å². The summed E-state index contributed by atoms with van der Waals surface area (Å²) in [5.74, 6) is -2.09. The number of aromatic nitrogens is 2. The molecule has 1 aliphatic heterocycles. The Morgan fingerprint density at radius 3 is 2.46 bits per heavy atom. The van der Waals surface area contributed by atoms with Crippen LogP contribution in [0.3, 0.4) is 0 Å². The number of ether oxygens (including phenoxy) is 2. The highest BCUT2D eigenvalue weighted by Crippen LogP contribution is 2.44. The quantitative estimate of drug-likeness (QED) is 0.482. The number of nitrogens with zero attached hydrogens (tertiary/aromatic N) is 2. The molecule has 0 saturated carbocycles. The minimum absolute atomic E-state index is 0.00261. The van der Waals surface area contributed by atoms with E-state index in [1.165, 1.54) is 44.9 Å². The Kier molecular flexibility index (Phi) is 7.12. The molecule has 0 saturated heterocycles. The molecule has 1 aliphatic rings. The molecule has 0 aliphatic carbocycles. The number of hydrogen-bond donors (Lipinski definition) is 1. The van der Waals surface area contributed by atoms with Gasteiger partial charge in [-0.25, -0.2) is 9.18 Å². The third kappa shape index (κ3) is 5.09. The molecular weight excluding hydrogens is 470 g/mol. The summed E-state index contributed by atoms with van der Waals surface area (Å²) >= 11 is 0. The molecule has 35 heavy (non-hydrogen) atoms. The fourth-order valence-electron chi connectivity index (χ4n) is 4.13. The molecule has 0 bridgehead atoms. The number of aryl methyl sites for hydroxylation is 1. The lowest BCUT2D eigenvalue weighted by molar-refractivity contribution is -0.142. The number of benzene rings is 1. The standard InChI is InChI=1S/C24H27F4N3O4/c1-12(2)35-22(33)17-16(10-34-6)31(21(32)14-7-8-15(25)13(3)9-14)11-23(4,5)18-19(17)29-30-20(18)24(26,27)28/h7-9,12H,10-11H2,1-6H3,(H,29,30). The Balaban J connectivity index is 2.33. The van der Waals surface area contributed by atoms with Gasteiger partial charge in [0.2, 0.25) is 0 Å². The molecule has 1 aromatic heterocycles. The topological polar surface area (TPSA) is 84.5 Å².